The van der Waals surface area contributed by atoms with Gasteiger partial charge < -0.3 is 20.3 Å². The van der Waals surface area contributed by atoms with Gasteiger partial charge in [0.2, 0.25) is 0 Å². The van der Waals surface area contributed by atoms with Crippen molar-refractivity contribution in [2.24, 2.45) is 10.9 Å². The van der Waals surface area contributed by atoms with Crippen LogP contribution in [-0.2, 0) is 4.74 Å². The number of aliphatic imine (C=N–C) groups is 1. The molecule has 1 aromatic carbocycles. The SMILES string of the molecule is CCNC(=NCC1CCN(CCOC)CC1)NCCSc1ccccc1. The minimum absolute atomic E-state index is 0.697. The van der Waals surface area contributed by atoms with Gasteiger partial charge in [-0.15, -0.1) is 11.8 Å². The minimum Gasteiger partial charge on any atom is -0.383 e. The van der Waals surface area contributed by atoms with Gasteiger partial charge in [0.05, 0.1) is 6.61 Å². The molecular weight excluding hydrogens is 344 g/mol. The summed E-state index contributed by atoms with van der Waals surface area (Å²) < 4.78 is 5.17. The number of guanidine groups is 1. The summed E-state index contributed by atoms with van der Waals surface area (Å²) in [5, 5.41) is 6.82. The molecule has 1 fully saturated rings. The second-order valence-electron chi connectivity index (χ2n) is 6.59. The lowest BCUT2D eigenvalue weighted by Gasteiger charge is -2.31. The molecule has 6 heteroatoms. The summed E-state index contributed by atoms with van der Waals surface area (Å²) in [4.78, 5) is 8.62. The zero-order chi connectivity index (χ0) is 18.5. The highest BCUT2D eigenvalue weighted by molar-refractivity contribution is 7.99. The molecule has 1 heterocycles. The summed E-state index contributed by atoms with van der Waals surface area (Å²) in [6.45, 7) is 9.06. The van der Waals surface area contributed by atoms with E-state index in [1.807, 2.05) is 11.8 Å². The van der Waals surface area contributed by atoms with Crippen molar-refractivity contribution in [2.75, 3.05) is 58.7 Å². The molecule has 0 spiro atoms. The monoisotopic (exact) mass is 378 g/mol. The Morgan fingerprint density at radius 2 is 2.00 bits per heavy atom. The van der Waals surface area contributed by atoms with Gasteiger partial charge in [0.25, 0.3) is 0 Å². The van der Waals surface area contributed by atoms with E-state index in [1.165, 1.54) is 30.8 Å². The van der Waals surface area contributed by atoms with Crippen LogP contribution >= 0.6 is 11.8 Å². The van der Waals surface area contributed by atoms with Crippen molar-refractivity contribution in [1.29, 1.82) is 0 Å². The number of piperidine rings is 1. The summed E-state index contributed by atoms with van der Waals surface area (Å²) in [5.41, 5.74) is 0. The molecule has 2 rings (SSSR count). The van der Waals surface area contributed by atoms with Crippen LogP contribution in [0, 0.1) is 5.92 Å². The molecule has 0 saturated carbocycles. The van der Waals surface area contributed by atoms with Crippen LogP contribution in [0.25, 0.3) is 0 Å². The molecule has 2 N–H and O–H groups in total. The number of likely N-dealkylation sites (tertiary alicyclic amines) is 1. The summed E-state index contributed by atoms with van der Waals surface area (Å²) >= 11 is 1.87. The van der Waals surface area contributed by atoms with Gasteiger partial charge in [-0.1, -0.05) is 18.2 Å². The Morgan fingerprint density at radius 3 is 2.69 bits per heavy atom. The van der Waals surface area contributed by atoms with Gasteiger partial charge in [-0.25, -0.2) is 0 Å². The molecule has 0 unspecified atom stereocenters. The van der Waals surface area contributed by atoms with Gasteiger partial charge in [-0.05, 0) is 50.9 Å². The number of thioether (sulfide) groups is 1. The highest BCUT2D eigenvalue weighted by Gasteiger charge is 2.18. The average Bonchev–Trinajstić information content (AvgIpc) is 2.69. The fourth-order valence-corrected chi connectivity index (χ4v) is 3.82. The van der Waals surface area contributed by atoms with Crippen molar-refractivity contribution < 1.29 is 4.74 Å². The van der Waals surface area contributed by atoms with Gasteiger partial charge >= 0.3 is 0 Å². The molecule has 0 aliphatic carbocycles. The molecule has 1 saturated heterocycles. The maximum atomic E-state index is 5.17. The van der Waals surface area contributed by atoms with E-state index in [4.69, 9.17) is 9.73 Å². The predicted molar refractivity (Wildman–Crippen MR) is 112 cm³/mol. The first kappa shape index (κ1) is 21.1. The van der Waals surface area contributed by atoms with Crippen LogP contribution in [0.4, 0.5) is 0 Å². The highest BCUT2D eigenvalue weighted by Crippen LogP contribution is 2.17. The first-order valence-electron chi connectivity index (χ1n) is 9.73. The molecule has 0 radical (unpaired) electrons. The van der Waals surface area contributed by atoms with Crippen molar-refractivity contribution in [3.63, 3.8) is 0 Å². The largest absolute Gasteiger partial charge is 0.383 e. The third-order valence-corrected chi connectivity index (χ3v) is 5.59. The molecule has 146 valence electrons. The number of rotatable bonds is 10. The van der Waals surface area contributed by atoms with Gasteiger partial charge in [0, 0.05) is 43.9 Å². The van der Waals surface area contributed by atoms with E-state index in [0.717, 1.165) is 44.5 Å². The van der Waals surface area contributed by atoms with Crippen molar-refractivity contribution in [2.45, 2.75) is 24.7 Å². The number of hydrogen-bond donors (Lipinski definition) is 2. The standard InChI is InChI=1S/C20H34N4OS/c1-3-21-20(22-11-16-26-19-7-5-4-6-8-19)23-17-18-9-12-24(13-10-18)14-15-25-2/h4-8,18H,3,9-17H2,1-2H3,(H2,21,22,23). The summed E-state index contributed by atoms with van der Waals surface area (Å²) in [5.74, 6) is 2.68. The molecule has 1 aliphatic heterocycles. The van der Waals surface area contributed by atoms with Crippen LogP contribution in [0.15, 0.2) is 40.2 Å². The fourth-order valence-electron chi connectivity index (χ4n) is 3.03. The van der Waals surface area contributed by atoms with E-state index in [2.05, 4.69) is 52.8 Å². The zero-order valence-corrected chi connectivity index (χ0v) is 17.1. The van der Waals surface area contributed by atoms with Gasteiger partial charge in [0.1, 0.15) is 0 Å². The molecule has 0 amide bonds. The first-order valence-corrected chi connectivity index (χ1v) is 10.7. The topological polar surface area (TPSA) is 48.9 Å². The number of methoxy groups -OCH3 is 1. The second kappa shape index (κ2) is 13.0. The first-order chi connectivity index (χ1) is 12.8. The van der Waals surface area contributed by atoms with E-state index in [1.54, 1.807) is 7.11 Å². The maximum absolute atomic E-state index is 5.17. The molecule has 0 atom stereocenters. The van der Waals surface area contributed by atoms with E-state index < -0.39 is 0 Å². The third-order valence-electron chi connectivity index (χ3n) is 4.58. The number of ether oxygens (including phenoxy) is 1. The highest BCUT2D eigenvalue weighted by atomic mass is 32.2. The molecule has 1 aliphatic rings. The summed E-state index contributed by atoms with van der Waals surface area (Å²) in [7, 11) is 1.77. The molecule has 5 nitrogen and oxygen atoms in total. The van der Waals surface area contributed by atoms with Crippen LogP contribution in [-0.4, -0.2) is 69.6 Å². The van der Waals surface area contributed by atoms with E-state index in [-0.39, 0.29) is 0 Å². The van der Waals surface area contributed by atoms with Crippen LogP contribution in [0.5, 0.6) is 0 Å². The number of nitrogens with one attached hydrogen (secondary N) is 2. The normalized spacial score (nSPS) is 16.6. The van der Waals surface area contributed by atoms with E-state index in [0.29, 0.717) is 5.92 Å². The number of benzene rings is 1. The Balaban J connectivity index is 1.66. The van der Waals surface area contributed by atoms with E-state index >= 15 is 0 Å². The molecule has 0 bridgehead atoms. The van der Waals surface area contributed by atoms with Gasteiger partial charge in [0.15, 0.2) is 5.96 Å². The van der Waals surface area contributed by atoms with Crippen molar-refractivity contribution >= 4 is 17.7 Å². The van der Waals surface area contributed by atoms with Crippen molar-refractivity contribution in [3.8, 4) is 0 Å². The number of nitrogens with zero attached hydrogens (tertiary/aromatic N) is 2. The molecular formula is C20H34N4OS. The molecule has 26 heavy (non-hydrogen) atoms. The Kier molecular flexibility index (Phi) is 10.5. The maximum Gasteiger partial charge on any atom is 0.191 e. The Hall–Kier alpha value is -1.24. The van der Waals surface area contributed by atoms with Gasteiger partial charge in [-0.2, -0.15) is 0 Å². The fraction of sp³-hybridized carbons (Fsp3) is 0.650. The summed E-state index contributed by atoms with van der Waals surface area (Å²) in [6.07, 6.45) is 2.47. The zero-order valence-electron chi connectivity index (χ0n) is 16.2. The van der Waals surface area contributed by atoms with Gasteiger partial charge in [-0.3, -0.25) is 4.99 Å². The quantitative estimate of drug-likeness (QED) is 0.284. The smallest absolute Gasteiger partial charge is 0.191 e. The third kappa shape index (κ3) is 8.43. The lowest BCUT2D eigenvalue weighted by Crippen LogP contribution is -2.40. The van der Waals surface area contributed by atoms with E-state index in [9.17, 15) is 0 Å². The van der Waals surface area contributed by atoms with Crippen LogP contribution < -0.4 is 10.6 Å². The van der Waals surface area contributed by atoms with Crippen molar-refractivity contribution in [1.82, 2.24) is 15.5 Å². The Bertz CT molecular complexity index is 504. The predicted octanol–water partition coefficient (Wildman–Crippen LogP) is 2.69. The Labute approximate surface area is 163 Å². The van der Waals surface area contributed by atoms with Crippen LogP contribution in [0.3, 0.4) is 0 Å². The minimum atomic E-state index is 0.697. The lowest BCUT2D eigenvalue weighted by molar-refractivity contribution is 0.121. The summed E-state index contributed by atoms with van der Waals surface area (Å²) in [6, 6.07) is 10.5. The number of hydrogen-bond acceptors (Lipinski definition) is 4. The average molecular weight is 379 g/mol. The molecule has 1 aromatic rings. The lowest BCUT2D eigenvalue weighted by atomic mass is 9.97. The second-order valence-corrected chi connectivity index (χ2v) is 7.75. The van der Waals surface area contributed by atoms with Crippen molar-refractivity contribution in [3.05, 3.63) is 30.3 Å². The Morgan fingerprint density at radius 1 is 1.23 bits per heavy atom. The molecule has 0 aromatic heterocycles. The van der Waals surface area contributed by atoms with Crippen LogP contribution in [0.2, 0.25) is 0 Å². The van der Waals surface area contributed by atoms with Crippen LogP contribution in [0.1, 0.15) is 19.8 Å².